The minimum Gasteiger partial charge on any atom is -0.493 e. The SMILES string of the molecule is COc1cc2c(cc1OC)C(O)CN(CCCN(C)C[C@H]1Cc3cc(OC)c(OC)cc31)C(=O)C2. The van der Waals surface area contributed by atoms with E-state index in [-0.39, 0.29) is 18.9 Å². The van der Waals surface area contributed by atoms with Gasteiger partial charge in [-0.05, 0) is 73.0 Å². The third-order valence-electron chi connectivity index (χ3n) is 7.14. The molecule has 1 amide bonds. The molecular weight excluding hydrogens is 448 g/mol. The molecule has 35 heavy (non-hydrogen) atoms. The van der Waals surface area contributed by atoms with Crippen molar-refractivity contribution in [1.29, 1.82) is 0 Å². The number of carbonyl (C=O) groups excluding carboxylic acids is 1. The van der Waals surface area contributed by atoms with Gasteiger partial charge in [0.15, 0.2) is 23.0 Å². The number of methoxy groups -OCH3 is 4. The Labute approximate surface area is 207 Å². The highest BCUT2D eigenvalue weighted by molar-refractivity contribution is 5.80. The van der Waals surface area contributed by atoms with Crippen LogP contribution in [0.25, 0.3) is 0 Å². The van der Waals surface area contributed by atoms with E-state index in [0.29, 0.717) is 24.0 Å². The van der Waals surface area contributed by atoms with Crippen molar-refractivity contribution in [1.82, 2.24) is 9.80 Å². The monoisotopic (exact) mass is 484 g/mol. The molecule has 0 bridgehead atoms. The van der Waals surface area contributed by atoms with E-state index in [9.17, 15) is 9.90 Å². The van der Waals surface area contributed by atoms with Crippen LogP contribution in [0.5, 0.6) is 23.0 Å². The summed E-state index contributed by atoms with van der Waals surface area (Å²) in [5, 5.41) is 10.8. The molecule has 2 aliphatic rings. The summed E-state index contributed by atoms with van der Waals surface area (Å²) in [6.07, 6.45) is 1.35. The number of amides is 1. The summed E-state index contributed by atoms with van der Waals surface area (Å²) in [7, 11) is 8.58. The van der Waals surface area contributed by atoms with Crippen molar-refractivity contribution in [3.63, 3.8) is 0 Å². The number of aliphatic hydroxyl groups is 1. The number of hydrogen-bond acceptors (Lipinski definition) is 7. The molecule has 0 fully saturated rings. The van der Waals surface area contributed by atoms with Crippen molar-refractivity contribution in [3.8, 4) is 23.0 Å². The van der Waals surface area contributed by atoms with Crippen LogP contribution in [0.3, 0.4) is 0 Å². The van der Waals surface area contributed by atoms with E-state index in [0.717, 1.165) is 48.6 Å². The zero-order chi connectivity index (χ0) is 25.1. The molecule has 1 aliphatic carbocycles. The number of nitrogens with zero attached hydrogens (tertiary/aromatic N) is 2. The van der Waals surface area contributed by atoms with Crippen LogP contribution in [0, 0.1) is 0 Å². The maximum atomic E-state index is 12.9. The first-order chi connectivity index (χ1) is 16.9. The van der Waals surface area contributed by atoms with E-state index >= 15 is 0 Å². The zero-order valence-corrected chi connectivity index (χ0v) is 21.3. The second-order valence-electron chi connectivity index (χ2n) is 9.36. The summed E-state index contributed by atoms with van der Waals surface area (Å²) in [5.41, 5.74) is 4.16. The molecule has 1 aliphatic heterocycles. The van der Waals surface area contributed by atoms with Crippen molar-refractivity contribution in [3.05, 3.63) is 46.5 Å². The fourth-order valence-electron chi connectivity index (χ4n) is 5.20. The second-order valence-corrected chi connectivity index (χ2v) is 9.36. The number of fused-ring (bicyclic) bond motifs is 2. The van der Waals surface area contributed by atoms with E-state index < -0.39 is 6.10 Å². The number of β-amino-alcohol motifs (C(OH)–C–C–N with tert-alkyl or cyclic N) is 1. The third kappa shape index (κ3) is 5.18. The first-order valence-corrected chi connectivity index (χ1v) is 12.0. The van der Waals surface area contributed by atoms with Crippen molar-refractivity contribution < 1.29 is 28.8 Å². The van der Waals surface area contributed by atoms with Crippen LogP contribution < -0.4 is 18.9 Å². The molecule has 0 spiro atoms. The van der Waals surface area contributed by atoms with Crippen molar-refractivity contribution in [2.75, 3.05) is 61.7 Å². The number of benzene rings is 2. The third-order valence-corrected chi connectivity index (χ3v) is 7.14. The van der Waals surface area contributed by atoms with Crippen LogP contribution in [0.15, 0.2) is 24.3 Å². The van der Waals surface area contributed by atoms with Crippen molar-refractivity contribution >= 4 is 5.91 Å². The topological polar surface area (TPSA) is 80.7 Å². The Morgan fingerprint density at radius 2 is 1.49 bits per heavy atom. The summed E-state index contributed by atoms with van der Waals surface area (Å²) in [6, 6.07) is 7.75. The second kappa shape index (κ2) is 10.7. The lowest BCUT2D eigenvalue weighted by molar-refractivity contribution is -0.131. The summed E-state index contributed by atoms with van der Waals surface area (Å²) in [6.45, 7) is 2.70. The van der Waals surface area contributed by atoms with E-state index in [1.165, 1.54) is 11.1 Å². The van der Waals surface area contributed by atoms with Crippen LogP contribution >= 0.6 is 0 Å². The minimum atomic E-state index is -0.757. The average Bonchev–Trinajstić information content (AvgIpc) is 2.96. The van der Waals surface area contributed by atoms with Crippen LogP contribution in [0.2, 0.25) is 0 Å². The van der Waals surface area contributed by atoms with Gasteiger partial charge in [0.1, 0.15) is 0 Å². The lowest BCUT2D eigenvalue weighted by atomic mass is 9.77. The Bertz CT molecular complexity index is 1070. The first-order valence-electron chi connectivity index (χ1n) is 12.0. The molecule has 1 N–H and O–H groups in total. The maximum absolute atomic E-state index is 12.9. The molecule has 0 saturated heterocycles. The molecule has 2 aromatic rings. The van der Waals surface area contributed by atoms with E-state index in [1.807, 2.05) is 0 Å². The summed E-state index contributed by atoms with van der Waals surface area (Å²) >= 11 is 0. The summed E-state index contributed by atoms with van der Waals surface area (Å²) < 4.78 is 21.6. The van der Waals surface area contributed by atoms with Gasteiger partial charge >= 0.3 is 0 Å². The largest absolute Gasteiger partial charge is 0.493 e. The highest BCUT2D eigenvalue weighted by Gasteiger charge is 2.30. The van der Waals surface area contributed by atoms with Crippen LogP contribution in [0.1, 0.15) is 40.7 Å². The number of likely N-dealkylation sites (N-methyl/N-ethyl adjacent to an activating group) is 1. The lowest BCUT2D eigenvalue weighted by Crippen LogP contribution is -2.37. The molecule has 4 rings (SSSR count). The van der Waals surface area contributed by atoms with Crippen LogP contribution in [0.4, 0.5) is 0 Å². The molecule has 1 heterocycles. The van der Waals surface area contributed by atoms with E-state index in [4.69, 9.17) is 18.9 Å². The molecule has 0 saturated carbocycles. The molecule has 1 unspecified atom stereocenters. The van der Waals surface area contributed by atoms with Gasteiger partial charge in [-0.3, -0.25) is 4.79 Å². The Morgan fingerprint density at radius 1 is 0.914 bits per heavy atom. The predicted octanol–water partition coefficient (Wildman–Crippen LogP) is 2.80. The molecule has 8 nitrogen and oxygen atoms in total. The van der Waals surface area contributed by atoms with Crippen molar-refractivity contribution in [2.24, 2.45) is 0 Å². The standard InChI is InChI=1S/C27H36N2O6/c1-28(15-19-9-17-10-23(32-2)25(34-4)13-20(17)19)7-6-8-29-16-22(30)21-14-26(35-5)24(33-3)11-18(21)12-27(29)31/h10-11,13-14,19,22,30H,6-9,12,15-16H2,1-5H3/t19-,22?/m1/s1. The van der Waals surface area contributed by atoms with Gasteiger partial charge in [0.25, 0.3) is 0 Å². The van der Waals surface area contributed by atoms with Gasteiger partial charge in [0, 0.05) is 19.0 Å². The van der Waals surface area contributed by atoms with Gasteiger partial charge in [0.2, 0.25) is 5.91 Å². The van der Waals surface area contributed by atoms with Gasteiger partial charge in [0.05, 0.1) is 47.5 Å². The highest BCUT2D eigenvalue weighted by atomic mass is 16.5. The number of ether oxygens (including phenoxy) is 4. The predicted molar refractivity (Wildman–Crippen MR) is 133 cm³/mol. The Hall–Kier alpha value is -2.97. The quantitative estimate of drug-likeness (QED) is 0.555. The number of hydrogen-bond donors (Lipinski definition) is 1. The fraction of sp³-hybridized carbons (Fsp3) is 0.519. The highest BCUT2D eigenvalue weighted by Crippen LogP contribution is 2.42. The zero-order valence-electron chi connectivity index (χ0n) is 21.3. The molecular formula is C27H36N2O6. The Morgan fingerprint density at radius 3 is 2.11 bits per heavy atom. The van der Waals surface area contributed by atoms with Gasteiger partial charge in [-0.1, -0.05) is 0 Å². The van der Waals surface area contributed by atoms with E-state index in [2.05, 4.69) is 24.1 Å². The molecule has 0 radical (unpaired) electrons. The molecule has 2 atom stereocenters. The number of carbonyl (C=O) groups is 1. The Balaban J connectivity index is 1.31. The lowest BCUT2D eigenvalue weighted by Gasteiger charge is -2.34. The fourth-order valence-corrected chi connectivity index (χ4v) is 5.20. The van der Waals surface area contributed by atoms with Gasteiger partial charge < -0.3 is 33.9 Å². The normalized spacial score (nSPS) is 18.9. The smallest absolute Gasteiger partial charge is 0.227 e. The Kier molecular flexibility index (Phi) is 7.72. The van der Waals surface area contributed by atoms with Crippen LogP contribution in [-0.4, -0.2) is 82.5 Å². The van der Waals surface area contributed by atoms with E-state index in [1.54, 1.807) is 45.5 Å². The van der Waals surface area contributed by atoms with Crippen LogP contribution in [-0.2, 0) is 17.6 Å². The number of aliphatic hydroxyl groups excluding tert-OH is 1. The van der Waals surface area contributed by atoms with Gasteiger partial charge in [-0.15, -0.1) is 0 Å². The summed E-state index contributed by atoms with van der Waals surface area (Å²) in [4.78, 5) is 17.0. The molecule has 8 heteroatoms. The molecule has 2 aromatic carbocycles. The van der Waals surface area contributed by atoms with Gasteiger partial charge in [-0.25, -0.2) is 0 Å². The first kappa shape index (κ1) is 25.1. The molecule has 0 aromatic heterocycles. The van der Waals surface area contributed by atoms with Gasteiger partial charge in [-0.2, -0.15) is 0 Å². The number of rotatable bonds is 10. The molecule has 190 valence electrons. The van der Waals surface area contributed by atoms with Crippen molar-refractivity contribution in [2.45, 2.75) is 31.3 Å². The summed E-state index contributed by atoms with van der Waals surface area (Å²) in [5.74, 6) is 3.16. The minimum absolute atomic E-state index is 0.0200. The average molecular weight is 485 g/mol. The maximum Gasteiger partial charge on any atom is 0.227 e.